The Morgan fingerprint density at radius 1 is 1.26 bits per heavy atom. The van der Waals surface area contributed by atoms with E-state index in [0.717, 1.165) is 11.8 Å². The number of β-lactam (4-membered cyclic amide) rings is 1. The lowest BCUT2D eigenvalue weighted by molar-refractivity contribution is -0.142. The second-order valence-electron chi connectivity index (χ2n) is 8.64. The van der Waals surface area contributed by atoms with Crippen molar-refractivity contribution in [2.45, 2.75) is 34.8 Å². The molecule has 1 saturated heterocycles. The molecule has 1 unspecified atom stereocenters. The number of benzene rings is 1. The number of amides is 3. The van der Waals surface area contributed by atoms with Crippen LogP contribution in [-0.4, -0.2) is 93.6 Å². The van der Waals surface area contributed by atoms with Gasteiger partial charge < -0.3 is 30.1 Å². The number of aromatic nitrogens is 4. The molecule has 18 nitrogen and oxygen atoms in total. The minimum atomic E-state index is -1.69. The van der Waals surface area contributed by atoms with Crippen LogP contribution in [-0.2, 0) is 30.9 Å². The monoisotopic (exact) mass is 624 g/mol. The third-order valence-electron chi connectivity index (χ3n) is 5.88. The van der Waals surface area contributed by atoms with Crippen molar-refractivity contribution < 1.29 is 48.8 Å². The Bertz CT molecular complexity index is 1420. The van der Waals surface area contributed by atoms with Gasteiger partial charge in [-0.1, -0.05) is 23.9 Å². The van der Waals surface area contributed by atoms with Crippen LogP contribution in [0.4, 0.5) is 15.3 Å². The first-order chi connectivity index (χ1) is 20.0. The third kappa shape index (κ3) is 6.90. The molecule has 0 radical (unpaired) electrons. The van der Waals surface area contributed by atoms with Crippen LogP contribution in [0.15, 0.2) is 40.9 Å². The number of aryl methyl sites for hydroxylation is 1. The van der Waals surface area contributed by atoms with Gasteiger partial charge in [0.1, 0.15) is 12.0 Å². The van der Waals surface area contributed by atoms with Crippen LogP contribution in [0.1, 0.15) is 24.5 Å². The zero-order valence-corrected chi connectivity index (χ0v) is 23.3. The lowest BCUT2D eigenvalue weighted by atomic mass is 10.1. The molecule has 6 N–H and O–H groups in total. The molecule has 42 heavy (non-hydrogen) atoms. The number of thioether (sulfide) groups is 2. The molecule has 1 aromatic carbocycles. The SMILES string of the molecule is Cn1nnnc1SCC1=C(OC(=O)O)N2C(=O)C[C@@H]2SC1NC(=O)[C@H](O)c1ccc(N(N)C(=O)OCCC(=O)O)cc1. The number of tetrazole rings is 1. The van der Waals surface area contributed by atoms with Gasteiger partial charge >= 0.3 is 18.2 Å². The van der Waals surface area contributed by atoms with Crippen molar-refractivity contribution in [2.24, 2.45) is 12.9 Å². The van der Waals surface area contributed by atoms with E-state index in [9.17, 15) is 34.2 Å². The van der Waals surface area contributed by atoms with Gasteiger partial charge in [0, 0.05) is 18.4 Å². The van der Waals surface area contributed by atoms with Crippen LogP contribution in [0.2, 0.25) is 0 Å². The third-order valence-corrected chi connectivity index (χ3v) is 8.30. The summed E-state index contributed by atoms with van der Waals surface area (Å²) in [6, 6.07) is 5.37. The van der Waals surface area contributed by atoms with Crippen molar-refractivity contribution in [1.82, 2.24) is 30.4 Å². The van der Waals surface area contributed by atoms with Crippen LogP contribution in [0, 0.1) is 0 Å². The van der Waals surface area contributed by atoms with E-state index in [2.05, 4.69) is 20.8 Å². The van der Waals surface area contributed by atoms with Crippen molar-refractivity contribution in [3.05, 3.63) is 41.3 Å². The minimum Gasteiger partial charge on any atom is -0.481 e. The molecule has 3 amide bonds. The maximum absolute atomic E-state index is 13.1. The Morgan fingerprint density at radius 2 is 1.98 bits per heavy atom. The average Bonchev–Trinajstić information content (AvgIpc) is 3.35. The molecule has 0 aliphatic carbocycles. The lowest BCUT2D eigenvalue weighted by Crippen LogP contribution is -2.57. The number of carbonyl (C=O) groups is 5. The summed E-state index contributed by atoms with van der Waals surface area (Å²) in [6.45, 7) is -0.381. The summed E-state index contributed by atoms with van der Waals surface area (Å²) in [5.74, 6) is 3.17. The first kappa shape index (κ1) is 30.6. The molecule has 2 aliphatic heterocycles. The number of carboxylic acids is 1. The summed E-state index contributed by atoms with van der Waals surface area (Å²) in [4.78, 5) is 60.6. The molecule has 224 valence electrons. The van der Waals surface area contributed by atoms with Crippen LogP contribution in [0.3, 0.4) is 0 Å². The van der Waals surface area contributed by atoms with Crippen LogP contribution in [0.5, 0.6) is 0 Å². The number of ether oxygens (including phenoxy) is 2. The number of hydrogen-bond acceptors (Lipinski definition) is 14. The fourth-order valence-electron chi connectivity index (χ4n) is 3.77. The number of anilines is 1. The summed E-state index contributed by atoms with van der Waals surface area (Å²) in [5.41, 5.74) is 0.522. The summed E-state index contributed by atoms with van der Waals surface area (Å²) in [6.07, 6.45) is -4.65. The van der Waals surface area contributed by atoms with E-state index in [1.807, 2.05) is 0 Å². The van der Waals surface area contributed by atoms with Crippen molar-refractivity contribution in [3.63, 3.8) is 0 Å². The Labute approximate surface area is 244 Å². The normalized spacial score (nSPS) is 18.5. The number of aliphatic hydroxyl groups excluding tert-OH is 1. The topological polar surface area (TPSA) is 253 Å². The molecule has 1 aromatic heterocycles. The number of nitrogens with two attached hydrogens (primary N) is 1. The molecule has 0 bridgehead atoms. The van der Waals surface area contributed by atoms with Crippen molar-refractivity contribution in [1.29, 1.82) is 0 Å². The molecule has 3 heterocycles. The molecule has 1 fully saturated rings. The van der Waals surface area contributed by atoms with Gasteiger partial charge in [0.25, 0.3) is 5.91 Å². The Morgan fingerprint density at radius 3 is 2.57 bits per heavy atom. The predicted octanol–water partition coefficient (Wildman–Crippen LogP) is -0.0191. The highest BCUT2D eigenvalue weighted by atomic mass is 32.2. The maximum atomic E-state index is 13.1. The average molecular weight is 625 g/mol. The number of carboxylic acid groups (broad SMARTS) is 2. The Balaban J connectivity index is 1.48. The number of aliphatic carboxylic acids is 1. The first-order valence-corrected chi connectivity index (χ1v) is 13.9. The van der Waals surface area contributed by atoms with Gasteiger partial charge in [-0.05, 0) is 28.1 Å². The molecule has 4 rings (SSSR count). The zero-order valence-electron chi connectivity index (χ0n) is 21.6. The fraction of sp³-hybridized carbons (Fsp3) is 0.364. The van der Waals surface area contributed by atoms with Crippen molar-refractivity contribution in [3.8, 4) is 0 Å². The van der Waals surface area contributed by atoms with E-state index in [-0.39, 0.29) is 47.4 Å². The number of carbonyl (C=O) groups excluding carboxylic acids is 3. The zero-order chi connectivity index (χ0) is 30.6. The highest BCUT2D eigenvalue weighted by Gasteiger charge is 2.48. The van der Waals surface area contributed by atoms with E-state index >= 15 is 0 Å². The second kappa shape index (κ2) is 13.1. The van der Waals surface area contributed by atoms with Gasteiger partial charge in [0.2, 0.25) is 16.9 Å². The fourth-order valence-corrected chi connectivity index (χ4v) is 6.18. The molecule has 2 aliphatic rings. The Kier molecular flexibility index (Phi) is 9.50. The van der Waals surface area contributed by atoms with Crippen molar-refractivity contribution >= 4 is 59.2 Å². The Hall–Kier alpha value is -4.40. The number of hydrazine groups is 1. The standard InChI is InChI=1S/C22H24N8O10S2/c1-28-20(25-26-27-28)41-9-12-18(42-14-8-13(31)29(14)19(12)40-22(37)38)24-17(35)16(34)10-2-4-11(5-3-10)30(23)21(36)39-7-6-15(32)33/h2-5,14,16,18,34H,6-9,23H2,1H3,(H,24,35)(H,32,33)(H,37,38)/t14-,16+,18?/m0/s1. The second-order valence-corrected chi connectivity index (χ2v) is 10.9. The van der Waals surface area contributed by atoms with Gasteiger partial charge in [-0.15, -0.1) is 16.9 Å². The summed E-state index contributed by atoms with van der Waals surface area (Å²) in [5, 5.41) is 42.2. The van der Waals surface area contributed by atoms with Crippen LogP contribution >= 0.6 is 23.5 Å². The number of nitrogens with zero attached hydrogens (tertiary/aromatic N) is 6. The number of fused-ring (bicyclic) bond motifs is 1. The van der Waals surface area contributed by atoms with E-state index in [4.69, 9.17) is 20.4 Å². The van der Waals surface area contributed by atoms with E-state index in [1.54, 1.807) is 7.05 Å². The molecule has 2 aromatic rings. The quantitative estimate of drug-likeness (QED) is 0.0550. The summed E-state index contributed by atoms with van der Waals surface area (Å²) >= 11 is 2.29. The van der Waals surface area contributed by atoms with Gasteiger partial charge in [0.15, 0.2) is 6.10 Å². The highest BCUT2D eigenvalue weighted by Crippen LogP contribution is 2.44. The van der Waals surface area contributed by atoms with Gasteiger partial charge in [-0.3, -0.25) is 19.3 Å². The molecule has 20 heteroatoms. The predicted molar refractivity (Wildman–Crippen MR) is 142 cm³/mol. The molecular weight excluding hydrogens is 600 g/mol. The number of aliphatic hydroxyl groups is 1. The lowest BCUT2D eigenvalue weighted by Gasteiger charge is -2.46. The number of hydrogen-bond donors (Lipinski definition) is 5. The first-order valence-electron chi connectivity index (χ1n) is 11.9. The molecule has 0 saturated carbocycles. The summed E-state index contributed by atoms with van der Waals surface area (Å²) in [7, 11) is 1.60. The number of rotatable bonds is 11. The van der Waals surface area contributed by atoms with E-state index < -0.39 is 47.4 Å². The van der Waals surface area contributed by atoms with Crippen molar-refractivity contribution in [2.75, 3.05) is 17.4 Å². The van der Waals surface area contributed by atoms with E-state index in [1.165, 1.54) is 45.6 Å². The summed E-state index contributed by atoms with van der Waals surface area (Å²) < 4.78 is 11.1. The molecule has 3 atom stereocenters. The van der Waals surface area contributed by atoms with Gasteiger partial charge in [-0.2, -0.15) is 0 Å². The van der Waals surface area contributed by atoms with Gasteiger partial charge in [0.05, 0.1) is 23.9 Å². The number of nitrogens with one attached hydrogen (secondary N) is 1. The minimum absolute atomic E-state index is 0.0327. The molecule has 0 spiro atoms. The molecular formula is C22H24N8O10S2. The van der Waals surface area contributed by atoms with Crippen LogP contribution < -0.4 is 16.2 Å². The van der Waals surface area contributed by atoms with E-state index in [0.29, 0.717) is 10.2 Å². The smallest absolute Gasteiger partial charge is 0.481 e. The maximum Gasteiger partial charge on any atom is 0.512 e. The largest absolute Gasteiger partial charge is 0.512 e. The van der Waals surface area contributed by atoms with Crippen LogP contribution in [0.25, 0.3) is 0 Å². The van der Waals surface area contributed by atoms with Gasteiger partial charge in [-0.25, -0.2) is 25.1 Å². The highest BCUT2D eigenvalue weighted by molar-refractivity contribution is 8.01.